The number of carbonyl (C=O) groups is 1. The van der Waals surface area contributed by atoms with E-state index in [1.807, 2.05) is 19.1 Å². The van der Waals surface area contributed by atoms with Gasteiger partial charge >= 0.3 is 0 Å². The standard InChI is InChI=1S/C21H21FN2O3/c1-2-26-11-12-27-19-7-3-5-17(20(19)22)14-24-21(25)16-8-9-18-15(13-16)6-4-10-23-18/h3-10,13H,2,11-12,14H2,1H3,(H,24,25). The van der Waals surface area contributed by atoms with Crippen LogP contribution in [0, 0.1) is 5.82 Å². The van der Waals surface area contributed by atoms with Gasteiger partial charge in [0.2, 0.25) is 0 Å². The Bertz CT molecular complexity index is 930. The summed E-state index contributed by atoms with van der Waals surface area (Å²) in [5.74, 6) is -0.599. The van der Waals surface area contributed by atoms with Gasteiger partial charge in [-0.25, -0.2) is 4.39 Å². The Morgan fingerprint density at radius 1 is 1.15 bits per heavy atom. The molecule has 0 unspecified atom stereocenters. The van der Waals surface area contributed by atoms with E-state index in [4.69, 9.17) is 9.47 Å². The number of nitrogens with one attached hydrogen (secondary N) is 1. The van der Waals surface area contributed by atoms with Crippen LogP contribution in [0.25, 0.3) is 10.9 Å². The summed E-state index contributed by atoms with van der Waals surface area (Å²) in [6.07, 6.45) is 1.70. The second-order valence-corrected chi connectivity index (χ2v) is 5.87. The molecule has 0 aliphatic rings. The Morgan fingerprint density at radius 3 is 2.89 bits per heavy atom. The molecule has 0 atom stereocenters. The van der Waals surface area contributed by atoms with Gasteiger partial charge in [0.1, 0.15) is 6.61 Å². The molecule has 140 valence electrons. The van der Waals surface area contributed by atoms with Crippen molar-refractivity contribution in [2.45, 2.75) is 13.5 Å². The highest BCUT2D eigenvalue weighted by molar-refractivity contribution is 5.97. The van der Waals surface area contributed by atoms with Gasteiger partial charge in [-0.3, -0.25) is 9.78 Å². The summed E-state index contributed by atoms with van der Waals surface area (Å²) in [4.78, 5) is 16.6. The Hall–Kier alpha value is -2.99. The highest BCUT2D eigenvalue weighted by Crippen LogP contribution is 2.20. The molecule has 0 bridgehead atoms. The Morgan fingerprint density at radius 2 is 2.04 bits per heavy atom. The highest BCUT2D eigenvalue weighted by Gasteiger charge is 2.12. The van der Waals surface area contributed by atoms with Gasteiger partial charge in [0, 0.05) is 35.9 Å². The van der Waals surface area contributed by atoms with E-state index in [0.717, 1.165) is 10.9 Å². The van der Waals surface area contributed by atoms with Gasteiger partial charge in [-0.2, -0.15) is 0 Å². The van der Waals surface area contributed by atoms with Crippen LogP contribution in [0.3, 0.4) is 0 Å². The zero-order valence-corrected chi connectivity index (χ0v) is 15.1. The maximum absolute atomic E-state index is 14.5. The second-order valence-electron chi connectivity index (χ2n) is 5.87. The molecule has 0 saturated carbocycles. The Balaban J connectivity index is 1.64. The fourth-order valence-electron chi connectivity index (χ4n) is 2.65. The van der Waals surface area contributed by atoms with Crippen LogP contribution in [0.4, 0.5) is 4.39 Å². The van der Waals surface area contributed by atoms with Gasteiger partial charge in [0.25, 0.3) is 5.91 Å². The van der Waals surface area contributed by atoms with Crippen LogP contribution in [-0.2, 0) is 11.3 Å². The van der Waals surface area contributed by atoms with E-state index in [1.54, 1.807) is 42.6 Å². The number of pyridine rings is 1. The number of rotatable bonds is 8. The van der Waals surface area contributed by atoms with Crippen molar-refractivity contribution in [3.63, 3.8) is 0 Å². The van der Waals surface area contributed by atoms with E-state index in [0.29, 0.717) is 24.3 Å². The number of hydrogen-bond donors (Lipinski definition) is 1. The van der Waals surface area contributed by atoms with Crippen molar-refractivity contribution in [1.29, 1.82) is 0 Å². The average molecular weight is 368 g/mol. The summed E-state index contributed by atoms with van der Waals surface area (Å²) in [6, 6.07) is 13.8. The van der Waals surface area contributed by atoms with E-state index in [2.05, 4.69) is 10.3 Å². The lowest BCUT2D eigenvalue weighted by molar-refractivity contribution is 0.0950. The van der Waals surface area contributed by atoms with Gasteiger partial charge in [0.05, 0.1) is 12.1 Å². The molecule has 0 aliphatic heterocycles. The van der Waals surface area contributed by atoms with Gasteiger partial charge in [-0.1, -0.05) is 18.2 Å². The smallest absolute Gasteiger partial charge is 0.251 e. The van der Waals surface area contributed by atoms with Crippen LogP contribution < -0.4 is 10.1 Å². The minimum atomic E-state index is -0.475. The van der Waals surface area contributed by atoms with Gasteiger partial charge in [-0.15, -0.1) is 0 Å². The van der Waals surface area contributed by atoms with Crippen molar-refractivity contribution in [1.82, 2.24) is 10.3 Å². The molecular weight excluding hydrogens is 347 g/mol. The minimum absolute atomic E-state index is 0.0679. The minimum Gasteiger partial charge on any atom is -0.488 e. The Labute approximate surface area is 157 Å². The quantitative estimate of drug-likeness (QED) is 0.616. The summed E-state index contributed by atoms with van der Waals surface area (Å²) >= 11 is 0. The number of halogens is 1. The van der Waals surface area contributed by atoms with E-state index in [9.17, 15) is 9.18 Å². The maximum atomic E-state index is 14.5. The molecule has 3 aromatic rings. The first-order chi connectivity index (χ1) is 13.2. The topological polar surface area (TPSA) is 60.5 Å². The molecule has 0 fully saturated rings. The lowest BCUT2D eigenvalue weighted by atomic mass is 10.1. The maximum Gasteiger partial charge on any atom is 0.251 e. The van der Waals surface area contributed by atoms with Crippen molar-refractivity contribution in [2.75, 3.05) is 19.8 Å². The van der Waals surface area contributed by atoms with Gasteiger partial charge in [0.15, 0.2) is 11.6 Å². The number of ether oxygens (including phenoxy) is 2. The third-order valence-corrected chi connectivity index (χ3v) is 4.04. The molecule has 2 aromatic carbocycles. The fourth-order valence-corrected chi connectivity index (χ4v) is 2.65. The first-order valence-electron chi connectivity index (χ1n) is 8.80. The summed E-state index contributed by atoms with van der Waals surface area (Å²) in [5, 5.41) is 3.62. The first kappa shape index (κ1) is 18.8. The second kappa shape index (κ2) is 9.09. The SMILES string of the molecule is CCOCCOc1cccc(CNC(=O)c2ccc3ncccc3c2)c1F. The van der Waals surface area contributed by atoms with Crippen LogP contribution >= 0.6 is 0 Å². The van der Waals surface area contributed by atoms with E-state index in [1.165, 1.54) is 0 Å². The van der Waals surface area contributed by atoms with Gasteiger partial charge in [-0.05, 0) is 37.3 Å². The number of amides is 1. The molecule has 5 nitrogen and oxygen atoms in total. The van der Waals surface area contributed by atoms with Crippen LogP contribution in [0.2, 0.25) is 0 Å². The number of benzene rings is 2. The van der Waals surface area contributed by atoms with Crippen molar-refractivity contribution < 1.29 is 18.7 Å². The Kier molecular flexibility index (Phi) is 6.33. The summed E-state index contributed by atoms with van der Waals surface area (Å²) in [5.41, 5.74) is 1.68. The molecule has 0 saturated heterocycles. The van der Waals surface area contributed by atoms with E-state index < -0.39 is 5.82 Å². The fraction of sp³-hybridized carbons (Fsp3) is 0.238. The molecule has 27 heavy (non-hydrogen) atoms. The highest BCUT2D eigenvalue weighted by atomic mass is 19.1. The van der Waals surface area contributed by atoms with Gasteiger partial charge < -0.3 is 14.8 Å². The zero-order chi connectivity index (χ0) is 19.1. The number of aromatic nitrogens is 1. The number of nitrogens with zero attached hydrogens (tertiary/aromatic N) is 1. The zero-order valence-electron chi connectivity index (χ0n) is 15.1. The molecule has 6 heteroatoms. The van der Waals surface area contributed by atoms with Crippen molar-refractivity contribution >= 4 is 16.8 Å². The lowest BCUT2D eigenvalue weighted by Gasteiger charge is -2.11. The average Bonchev–Trinajstić information content (AvgIpc) is 2.70. The van der Waals surface area contributed by atoms with Crippen LogP contribution in [-0.4, -0.2) is 30.7 Å². The van der Waals surface area contributed by atoms with E-state index in [-0.39, 0.29) is 24.8 Å². The van der Waals surface area contributed by atoms with Crippen molar-refractivity contribution in [2.24, 2.45) is 0 Å². The van der Waals surface area contributed by atoms with Crippen molar-refractivity contribution in [3.05, 3.63) is 71.7 Å². The lowest BCUT2D eigenvalue weighted by Crippen LogP contribution is -2.23. The predicted molar refractivity (Wildman–Crippen MR) is 101 cm³/mol. The number of hydrogen-bond acceptors (Lipinski definition) is 4. The van der Waals surface area contributed by atoms with Crippen LogP contribution in [0.5, 0.6) is 5.75 Å². The third-order valence-electron chi connectivity index (χ3n) is 4.04. The first-order valence-corrected chi connectivity index (χ1v) is 8.80. The molecule has 1 aromatic heterocycles. The molecular formula is C21H21FN2O3. The molecule has 0 aliphatic carbocycles. The normalized spacial score (nSPS) is 10.7. The van der Waals surface area contributed by atoms with Crippen molar-refractivity contribution in [3.8, 4) is 5.75 Å². The summed E-state index contributed by atoms with van der Waals surface area (Å²) in [6.45, 7) is 3.20. The monoisotopic (exact) mass is 368 g/mol. The number of fused-ring (bicyclic) bond motifs is 1. The molecule has 0 radical (unpaired) electrons. The molecule has 1 N–H and O–H groups in total. The summed E-state index contributed by atoms with van der Waals surface area (Å²) < 4.78 is 25.1. The van der Waals surface area contributed by atoms with Crippen LogP contribution in [0.15, 0.2) is 54.7 Å². The number of carbonyl (C=O) groups excluding carboxylic acids is 1. The molecule has 1 heterocycles. The summed E-state index contributed by atoms with van der Waals surface area (Å²) in [7, 11) is 0. The van der Waals surface area contributed by atoms with Crippen LogP contribution in [0.1, 0.15) is 22.8 Å². The third kappa shape index (κ3) is 4.80. The molecule has 0 spiro atoms. The van der Waals surface area contributed by atoms with E-state index >= 15 is 0 Å². The molecule has 3 rings (SSSR count). The predicted octanol–water partition coefficient (Wildman–Crippen LogP) is 3.72. The largest absolute Gasteiger partial charge is 0.488 e. The molecule has 1 amide bonds.